The number of aliphatic imine (C=N–C) groups is 1. The minimum absolute atomic E-state index is 0.0291. The van der Waals surface area contributed by atoms with Gasteiger partial charge in [0.25, 0.3) is 0 Å². The van der Waals surface area contributed by atoms with Gasteiger partial charge in [0, 0.05) is 65.9 Å². The van der Waals surface area contributed by atoms with E-state index >= 15 is 0 Å². The minimum atomic E-state index is -0.749. The number of likely N-dealkylation sites (tertiary alicyclic amines) is 1. The van der Waals surface area contributed by atoms with Crippen molar-refractivity contribution in [2.75, 3.05) is 33.9 Å². The molecule has 0 unspecified atom stereocenters. The van der Waals surface area contributed by atoms with Crippen LogP contribution in [0, 0.1) is 11.6 Å². The Hall–Kier alpha value is -3.33. The van der Waals surface area contributed by atoms with Crippen molar-refractivity contribution in [3.63, 3.8) is 0 Å². The Balaban J connectivity index is 1.40. The predicted molar refractivity (Wildman–Crippen MR) is 129 cm³/mol. The molecule has 35 heavy (non-hydrogen) atoms. The van der Waals surface area contributed by atoms with Gasteiger partial charge < -0.3 is 14.4 Å². The number of pyridine rings is 1. The van der Waals surface area contributed by atoms with Crippen LogP contribution in [0.1, 0.15) is 42.6 Å². The smallest absolute Gasteiger partial charge is 0.171 e. The molecule has 0 saturated carbocycles. The van der Waals surface area contributed by atoms with Gasteiger partial charge in [-0.2, -0.15) is 5.10 Å². The summed E-state index contributed by atoms with van der Waals surface area (Å²) >= 11 is 0. The Bertz CT molecular complexity index is 1240. The summed E-state index contributed by atoms with van der Waals surface area (Å²) in [4.78, 5) is 11.6. The third kappa shape index (κ3) is 4.40. The molecule has 0 spiro atoms. The average Bonchev–Trinajstić information content (AvgIpc) is 3.54. The summed E-state index contributed by atoms with van der Waals surface area (Å²) < 4.78 is 42.1. The summed E-state index contributed by atoms with van der Waals surface area (Å²) in [7, 11) is 2.68. The highest BCUT2D eigenvalue weighted by atomic mass is 19.1. The number of ether oxygens (including phenoxy) is 2. The van der Waals surface area contributed by atoms with Crippen molar-refractivity contribution in [1.29, 1.82) is 0 Å². The molecule has 2 aliphatic rings. The first-order valence-electron chi connectivity index (χ1n) is 11.9. The zero-order chi connectivity index (χ0) is 24.5. The molecular formula is C26H29F2N5O2. The van der Waals surface area contributed by atoms with Crippen molar-refractivity contribution in [1.82, 2.24) is 19.7 Å². The molecule has 0 bridgehead atoms. The van der Waals surface area contributed by atoms with Crippen LogP contribution < -0.4 is 9.47 Å². The maximum atomic E-state index is 14.9. The van der Waals surface area contributed by atoms with Crippen molar-refractivity contribution in [2.24, 2.45) is 4.99 Å². The number of methoxy groups -OCH3 is 2. The molecule has 9 heteroatoms. The molecule has 0 amide bonds. The van der Waals surface area contributed by atoms with E-state index in [1.54, 1.807) is 0 Å². The zero-order valence-corrected chi connectivity index (χ0v) is 20.2. The highest BCUT2D eigenvalue weighted by molar-refractivity contribution is 6.05. The van der Waals surface area contributed by atoms with E-state index in [0.717, 1.165) is 54.9 Å². The van der Waals surface area contributed by atoms with Gasteiger partial charge in [-0.15, -0.1) is 0 Å². The predicted octanol–water partition coefficient (Wildman–Crippen LogP) is 4.44. The normalized spacial score (nSPS) is 16.3. The second kappa shape index (κ2) is 9.73. The van der Waals surface area contributed by atoms with Crippen LogP contribution >= 0.6 is 0 Å². The van der Waals surface area contributed by atoms with Crippen LogP contribution in [-0.4, -0.2) is 59.2 Å². The maximum Gasteiger partial charge on any atom is 0.171 e. The van der Waals surface area contributed by atoms with E-state index < -0.39 is 11.6 Å². The van der Waals surface area contributed by atoms with Gasteiger partial charge in [-0.3, -0.25) is 14.7 Å². The molecule has 1 aromatic carbocycles. The fraction of sp³-hybridized carbons (Fsp3) is 0.423. The van der Waals surface area contributed by atoms with E-state index in [1.807, 2.05) is 18.5 Å². The van der Waals surface area contributed by atoms with Crippen LogP contribution in [0.4, 0.5) is 8.78 Å². The standard InChI is InChI=1S/C26H29F2N5O2/c1-4-32-7-5-18(6-8-32)33-15-17(13-31-33)16-9-19-21(30-14-22(19)29-12-16)10-20-25(27)23(34-2)11-24(35-3)26(20)28/h9,11-13,15,18H,4-8,10,14H2,1-3H3. The van der Waals surface area contributed by atoms with Crippen LogP contribution in [-0.2, 0) is 13.0 Å². The number of rotatable bonds is 7. The van der Waals surface area contributed by atoms with Gasteiger partial charge in [0.2, 0.25) is 0 Å². The highest BCUT2D eigenvalue weighted by Gasteiger charge is 2.26. The number of fused-ring (bicyclic) bond motifs is 1. The van der Waals surface area contributed by atoms with Gasteiger partial charge in [0.15, 0.2) is 23.1 Å². The molecule has 2 aromatic heterocycles. The molecule has 4 heterocycles. The number of benzene rings is 1. The van der Waals surface area contributed by atoms with Crippen LogP contribution in [0.2, 0.25) is 0 Å². The van der Waals surface area contributed by atoms with Crippen LogP contribution in [0.5, 0.6) is 11.5 Å². The number of hydrogen-bond acceptors (Lipinski definition) is 6. The molecule has 7 nitrogen and oxygen atoms in total. The van der Waals surface area contributed by atoms with Crippen molar-refractivity contribution in [3.8, 4) is 22.6 Å². The molecule has 3 aromatic rings. The highest BCUT2D eigenvalue weighted by Crippen LogP contribution is 2.34. The molecule has 0 aliphatic carbocycles. The van der Waals surface area contributed by atoms with Crippen molar-refractivity contribution >= 4 is 5.71 Å². The van der Waals surface area contributed by atoms with Crippen LogP contribution in [0.3, 0.4) is 0 Å². The molecule has 5 rings (SSSR count). The fourth-order valence-electron chi connectivity index (χ4n) is 4.88. The molecule has 0 atom stereocenters. The largest absolute Gasteiger partial charge is 0.494 e. The van der Waals surface area contributed by atoms with Gasteiger partial charge in [-0.05, 0) is 25.5 Å². The summed E-state index contributed by atoms with van der Waals surface area (Å²) in [6.07, 6.45) is 7.86. The van der Waals surface area contributed by atoms with Gasteiger partial charge in [0.1, 0.15) is 0 Å². The third-order valence-electron chi connectivity index (χ3n) is 7.02. The van der Waals surface area contributed by atoms with E-state index in [-0.39, 0.29) is 23.5 Å². The molecule has 184 valence electrons. The van der Waals surface area contributed by atoms with E-state index in [1.165, 1.54) is 20.3 Å². The topological polar surface area (TPSA) is 64.8 Å². The first kappa shape index (κ1) is 23.4. The molecule has 0 N–H and O–H groups in total. The number of hydrogen-bond donors (Lipinski definition) is 0. The monoisotopic (exact) mass is 481 g/mol. The summed E-state index contributed by atoms with van der Waals surface area (Å²) in [5.74, 6) is -1.63. The van der Waals surface area contributed by atoms with Crippen molar-refractivity contribution < 1.29 is 18.3 Å². The molecule has 0 radical (unpaired) electrons. The van der Waals surface area contributed by atoms with Crippen LogP contribution in [0.15, 0.2) is 35.7 Å². The number of halogens is 2. The van der Waals surface area contributed by atoms with Gasteiger partial charge in [0.05, 0.1) is 38.7 Å². The Morgan fingerprint density at radius 1 is 1.00 bits per heavy atom. The second-order valence-corrected chi connectivity index (χ2v) is 8.92. The lowest BCUT2D eigenvalue weighted by molar-refractivity contribution is 0.187. The quantitative estimate of drug-likeness (QED) is 0.499. The fourth-order valence-corrected chi connectivity index (χ4v) is 4.88. The lowest BCUT2D eigenvalue weighted by Crippen LogP contribution is -2.34. The minimum Gasteiger partial charge on any atom is -0.494 e. The van der Waals surface area contributed by atoms with Gasteiger partial charge in [-0.25, -0.2) is 8.78 Å². The number of piperidine rings is 1. The van der Waals surface area contributed by atoms with E-state index in [0.29, 0.717) is 18.3 Å². The molecular weight excluding hydrogens is 452 g/mol. The van der Waals surface area contributed by atoms with Crippen molar-refractivity contribution in [3.05, 3.63) is 59.2 Å². The lowest BCUT2D eigenvalue weighted by atomic mass is 9.99. The Morgan fingerprint density at radius 3 is 2.37 bits per heavy atom. The summed E-state index contributed by atoms with van der Waals surface area (Å²) in [5.41, 5.74) is 3.90. The second-order valence-electron chi connectivity index (χ2n) is 8.92. The zero-order valence-electron chi connectivity index (χ0n) is 20.2. The molecule has 1 saturated heterocycles. The maximum absolute atomic E-state index is 14.9. The third-order valence-corrected chi connectivity index (χ3v) is 7.02. The van der Waals surface area contributed by atoms with E-state index in [4.69, 9.17) is 9.47 Å². The SMILES string of the molecule is CCN1CCC(n2cc(-c3cnc4c(c3)C(Cc3c(F)c(OC)cc(OC)c3F)=NC4)cn2)CC1. The lowest BCUT2D eigenvalue weighted by Gasteiger charge is -2.31. The Morgan fingerprint density at radius 2 is 1.71 bits per heavy atom. The summed E-state index contributed by atoms with van der Waals surface area (Å²) in [6, 6.07) is 3.59. The van der Waals surface area contributed by atoms with Gasteiger partial charge >= 0.3 is 0 Å². The summed E-state index contributed by atoms with van der Waals surface area (Å²) in [5, 5.41) is 4.62. The number of nitrogens with zero attached hydrogens (tertiary/aromatic N) is 5. The van der Waals surface area contributed by atoms with Crippen LogP contribution in [0.25, 0.3) is 11.1 Å². The van der Waals surface area contributed by atoms with Gasteiger partial charge in [-0.1, -0.05) is 6.92 Å². The Labute approximate surface area is 203 Å². The van der Waals surface area contributed by atoms with E-state index in [2.05, 4.69) is 37.8 Å². The first-order valence-corrected chi connectivity index (χ1v) is 11.9. The molecule has 2 aliphatic heterocycles. The summed E-state index contributed by atoms with van der Waals surface area (Å²) in [6.45, 7) is 5.82. The molecule has 1 fully saturated rings. The van der Waals surface area contributed by atoms with E-state index in [9.17, 15) is 8.78 Å². The average molecular weight is 482 g/mol. The number of aromatic nitrogens is 3. The Kier molecular flexibility index (Phi) is 6.51. The first-order chi connectivity index (χ1) is 17.0. The van der Waals surface area contributed by atoms with Crippen molar-refractivity contribution in [2.45, 2.75) is 38.8 Å².